The minimum Gasteiger partial charge on any atom is -0.326 e. The van der Waals surface area contributed by atoms with Crippen molar-refractivity contribution in [1.82, 2.24) is 0 Å². The minimum absolute atomic E-state index is 0.0523. The molecule has 1 atom stereocenters. The van der Waals surface area contributed by atoms with Crippen molar-refractivity contribution in [3.05, 3.63) is 89.5 Å². The topological polar surface area (TPSA) is 58.2 Å². The number of amides is 2. The maximum atomic E-state index is 12.6. The maximum absolute atomic E-state index is 12.6. The van der Waals surface area contributed by atoms with Crippen molar-refractivity contribution in [1.29, 1.82) is 0 Å². The predicted octanol–water partition coefficient (Wildman–Crippen LogP) is 5.60. The van der Waals surface area contributed by atoms with E-state index in [1.54, 1.807) is 0 Å². The molecule has 3 rings (SSSR count). The van der Waals surface area contributed by atoms with Gasteiger partial charge in [-0.1, -0.05) is 42.5 Å². The molecule has 1 unspecified atom stereocenters. The monoisotopic (exact) mass is 418 g/mol. The molecule has 0 saturated carbocycles. The van der Waals surface area contributed by atoms with E-state index in [9.17, 15) is 9.59 Å². The lowest BCUT2D eigenvalue weighted by molar-refractivity contribution is -0.116. The minimum atomic E-state index is -0.277. The predicted molar refractivity (Wildman–Crippen MR) is 125 cm³/mol. The second-order valence-electron chi connectivity index (χ2n) is 7.36. The van der Waals surface area contributed by atoms with Crippen molar-refractivity contribution in [2.24, 2.45) is 0 Å². The summed E-state index contributed by atoms with van der Waals surface area (Å²) in [4.78, 5) is 25.8. The Morgan fingerprint density at radius 1 is 0.833 bits per heavy atom. The summed E-state index contributed by atoms with van der Waals surface area (Å²) < 4.78 is 0. The molecule has 0 heterocycles. The summed E-state index contributed by atoms with van der Waals surface area (Å²) >= 11 is 1.46. The second-order valence-corrected chi connectivity index (χ2v) is 8.78. The summed E-state index contributed by atoms with van der Waals surface area (Å²) in [6, 6.07) is 23.2. The van der Waals surface area contributed by atoms with Crippen molar-refractivity contribution in [3.8, 4) is 0 Å². The Morgan fingerprint density at radius 2 is 1.53 bits per heavy atom. The average Bonchev–Trinajstić information content (AvgIpc) is 2.68. The molecular weight excluding hydrogens is 392 g/mol. The fourth-order valence-electron chi connectivity index (χ4n) is 3.18. The fourth-order valence-corrected chi connectivity index (χ4v) is 4.11. The molecule has 3 aromatic rings. The number of benzene rings is 3. The van der Waals surface area contributed by atoms with Crippen LogP contribution in [0.5, 0.6) is 0 Å². The molecule has 30 heavy (non-hydrogen) atoms. The van der Waals surface area contributed by atoms with E-state index in [0.29, 0.717) is 6.42 Å². The Hall–Kier alpha value is -3.05. The Kier molecular flexibility index (Phi) is 7.31. The number of thioether (sulfide) groups is 1. The average molecular weight is 419 g/mol. The number of rotatable bonds is 7. The lowest BCUT2D eigenvalue weighted by atomic mass is 10.1. The molecule has 0 aliphatic heterocycles. The smallest absolute Gasteiger partial charge is 0.237 e. The molecule has 0 aliphatic carbocycles. The van der Waals surface area contributed by atoms with Gasteiger partial charge in [0, 0.05) is 16.3 Å². The van der Waals surface area contributed by atoms with Gasteiger partial charge in [0.2, 0.25) is 11.8 Å². The van der Waals surface area contributed by atoms with Gasteiger partial charge in [-0.15, -0.1) is 11.8 Å². The number of hydrogen-bond acceptors (Lipinski definition) is 3. The zero-order valence-electron chi connectivity index (χ0n) is 17.4. The van der Waals surface area contributed by atoms with E-state index in [2.05, 4.69) is 16.7 Å². The van der Waals surface area contributed by atoms with Crippen LogP contribution in [0, 0.1) is 13.8 Å². The van der Waals surface area contributed by atoms with Gasteiger partial charge in [0.25, 0.3) is 0 Å². The molecular formula is C25H26N2O2S. The normalized spacial score (nSPS) is 11.6. The van der Waals surface area contributed by atoms with Gasteiger partial charge in [0.1, 0.15) is 0 Å². The summed E-state index contributed by atoms with van der Waals surface area (Å²) in [5.41, 5.74) is 4.74. The van der Waals surface area contributed by atoms with Gasteiger partial charge in [-0.25, -0.2) is 0 Å². The highest BCUT2D eigenvalue weighted by molar-refractivity contribution is 8.00. The number of nitrogens with one attached hydrogen (secondary N) is 2. The molecule has 0 saturated heterocycles. The van der Waals surface area contributed by atoms with E-state index < -0.39 is 0 Å². The van der Waals surface area contributed by atoms with Crippen molar-refractivity contribution in [2.75, 3.05) is 10.6 Å². The van der Waals surface area contributed by atoms with Gasteiger partial charge in [0.05, 0.1) is 11.7 Å². The van der Waals surface area contributed by atoms with Crippen LogP contribution in [-0.4, -0.2) is 17.1 Å². The Labute approximate surface area is 182 Å². The van der Waals surface area contributed by atoms with Crippen LogP contribution < -0.4 is 10.6 Å². The Morgan fingerprint density at radius 3 is 2.23 bits per heavy atom. The lowest BCUT2D eigenvalue weighted by Gasteiger charge is -2.14. The quantitative estimate of drug-likeness (QED) is 0.491. The SMILES string of the molecule is Cc1cc(C)cc(NC(=O)C(C)Sc2cccc(NC(=O)Cc3ccccc3)c2)c1. The molecule has 4 nitrogen and oxygen atoms in total. The van der Waals surface area contributed by atoms with E-state index in [4.69, 9.17) is 0 Å². The third-order valence-electron chi connectivity index (χ3n) is 4.50. The molecule has 5 heteroatoms. The number of aryl methyl sites for hydroxylation is 2. The van der Waals surface area contributed by atoms with Crippen LogP contribution in [0.1, 0.15) is 23.6 Å². The van der Waals surface area contributed by atoms with Crippen molar-refractivity contribution >= 4 is 35.0 Å². The van der Waals surface area contributed by atoms with E-state index in [1.807, 2.05) is 87.5 Å². The van der Waals surface area contributed by atoms with Crippen LogP contribution in [-0.2, 0) is 16.0 Å². The number of carbonyl (C=O) groups is 2. The highest BCUT2D eigenvalue weighted by Crippen LogP contribution is 2.27. The third kappa shape index (κ3) is 6.49. The van der Waals surface area contributed by atoms with Crippen molar-refractivity contribution in [2.45, 2.75) is 37.3 Å². The molecule has 0 aliphatic rings. The summed E-state index contributed by atoms with van der Waals surface area (Å²) in [5.74, 6) is -0.118. The van der Waals surface area contributed by atoms with Gasteiger partial charge in [-0.2, -0.15) is 0 Å². The first-order valence-corrected chi connectivity index (χ1v) is 10.8. The van der Waals surface area contributed by atoms with Crippen LogP contribution in [0.25, 0.3) is 0 Å². The zero-order chi connectivity index (χ0) is 21.5. The van der Waals surface area contributed by atoms with Gasteiger partial charge in [-0.05, 0) is 67.8 Å². The molecule has 0 radical (unpaired) electrons. The first-order valence-electron chi connectivity index (χ1n) is 9.89. The number of carbonyl (C=O) groups excluding carboxylic acids is 2. The molecule has 2 N–H and O–H groups in total. The highest BCUT2D eigenvalue weighted by Gasteiger charge is 2.15. The van der Waals surface area contributed by atoms with Crippen molar-refractivity contribution in [3.63, 3.8) is 0 Å². The fraction of sp³-hybridized carbons (Fsp3) is 0.200. The second kappa shape index (κ2) is 10.1. The van der Waals surface area contributed by atoms with E-state index >= 15 is 0 Å². The first kappa shape index (κ1) is 21.7. The third-order valence-corrected chi connectivity index (χ3v) is 5.59. The molecule has 2 amide bonds. The first-order chi connectivity index (χ1) is 14.4. The van der Waals surface area contributed by atoms with Gasteiger partial charge in [-0.3, -0.25) is 9.59 Å². The molecule has 0 bridgehead atoms. The number of hydrogen-bond donors (Lipinski definition) is 2. The largest absolute Gasteiger partial charge is 0.326 e. The Balaban J connectivity index is 1.58. The standard InChI is InChI=1S/C25H26N2O2S/c1-17-12-18(2)14-22(13-17)27-25(29)19(3)30-23-11-7-10-21(16-23)26-24(28)15-20-8-5-4-6-9-20/h4-14,16,19H,15H2,1-3H3,(H,26,28)(H,27,29). The zero-order valence-corrected chi connectivity index (χ0v) is 18.3. The summed E-state index contributed by atoms with van der Waals surface area (Å²) in [5, 5.41) is 5.64. The number of anilines is 2. The summed E-state index contributed by atoms with van der Waals surface area (Å²) in [6.45, 7) is 5.90. The van der Waals surface area contributed by atoms with Crippen LogP contribution in [0.15, 0.2) is 77.7 Å². The van der Waals surface area contributed by atoms with Crippen LogP contribution in [0.4, 0.5) is 11.4 Å². The van der Waals surface area contributed by atoms with Gasteiger partial charge < -0.3 is 10.6 Å². The van der Waals surface area contributed by atoms with Crippen LogP contribution in [0.2, 0.25) is 0 Å². The Bertz CT molecular complexity index is 1010. The summed E-state index contributed by atoms with van der Waals surface area (Å²) in [6.07, 6.45) is 0.326. The lowest BCUT2D eigenvalue weighted by Crippen LogP contribution is -2.22. The summed E-state index contributed by atoms with van der Waals surface area (Å²) in [7, 11) is 0. The van der Waals surface area contributed by atoms with Crippen LogP contribution >= 0.6 is 11.8 Å². The molecule has 154 valence electrons. The highest BCUT2D eigenvalue weighted by atomic mass is 32.2. The van der Waals surface area contributed by atoms with Gasteiger partial charge >= 0.3 is 0 Å². The molecule has 0 fully saturated rings. The van der Waals surface area contributed by atoms with Gasteiger partial charge in [0.15, 0.2) is 0 Å². The molecule has 3 aromatic carbocycles. The molecule has 0 aromatic heterocycles. The molecule has 0 spiro atoms. The van der Waals surface area contributed by atoms with Crippen LogP contribution in [0.3, 0.4) is 0 Å². The van der Waals surface area contributed by atoms with Crippen molar-refractivity contribution < 1.29 is 9.59 Å². The van der Waals surface area contributed by atoms with E-state index in [1.165, 1.54) is 11.8 Å². The van der Waals surface area contributed by atoms with E-state index in [0.717, 1.165) is 33.0 Å². The van der Waals surface area contributed by atoms with E-state index in [-0.39, 0.29) is 17.1 Å². The maximum Gasteiger partial charge on any atom is 0.237 e.